The predicted molar refractivity (Wildman–Crippen MR) is 122 cm³/mol. The maximum absolute atomic E-state index is 6.15. The van der Waals surface area contributed by atoms with Crippen molar-refractivity contribution in [3.63, 3.8) is 0 Å². The van der Waals surface area contributed by atoms with Gasteiger partial charge in [-0.05, 0) is 45.2 Å². The van der Waals surface area contributed by atoms with Crippen molar-refractivity contribution in [2.75, 3.05) is 6.61 Å². The van der Waals surface area contributed by atoms with E-state index in [1.165, 1.54) is 12.8 Å². The molecule has 2 atom stereocenters. The minimum atomic E-state index is 0.0108. The maximum atomic E-state index is 6.15. The van der Waals surface area contributed by atoms with Crippen molar-refractivity contribution in [1.29, 1.82) is 0 Å². The van der Waals surface area contributed by atoms with Crippen molar-refractivity contribution >= 4 is 22.8 Å². The molecule has 6 rings (SSSR count). The van der Waals surface area contributed by atoms with E-state index in [9.17, 15) is 0 Å². The highest BCUT2D eigenvalue weighted by Gasteiger charge is 2.33. The highest BCUT2D eigenvalue weighted by molar-refractivity contribution is 6.30. The summed E-state index contributed by atoms with van der Waals surface area (Å²) >= 11 is 6.11. The van der Waals surface area contributed by atoms with E-state index in [1.54, 1.807) is 0 Å². The van der Waals surface area contributed by atoms with Crippen LogP contribution in [0, 0.1) is 13.8 Å². The van der Waals surface area contributed by atoms with Crippen LogP contribution in [0.5, 0.6) is 0 Å². The van der Waals surface area contributed by atoms with Crippen molar-refractivity contribution in [2.45, 2.75) is 51.2 Å². The third-order valence-corrected chi connectivity index (χ3v) is 6.61. The number of hydrogen-bond donors (Lipinski definition) is 0. The minimum Gasteiger partial charge on any atom is -0.373 e. The second-order valence-corrected chi connectivity index (χ2v) is 9.18. The Morgan fingerprint density at radius 3 is 2.56 bits per heavy atom. The first-order valence-electron chi connectivity index (χ1n) is 11.0. The fraction of sp³-hybridized carbons (Fsp3) is 0.375. The number of nitrogens with zero attached hydrogens (tertiary/aromatic N) is 6. The van der Waals surface area contributed by atoms with Gasteiger partial charge < -0.3 is 4.74 Å². The molecule has 2 aliphatic rings. The lowest BCUT2D eigenvalue weighted by Crippen LogP contribution is -2.08. The second kappa shape index (κ2) is 7.60. The Balaban J connectivity index is 1.38. The molecule has 1 aromatic carbocycles. The molecular formula is C24H23ClN6O. The van der Waals surface area contributed by atoms with E-state index in [0.717, 1.165) is 40.5 Å². The average molecular weight is 447 g/mol. The number of aryl methyl sites for hydroxylation is 2. The molecule has 7 nitrogen and oxygen atoms in total. The summed E-state index contributed by atoms with van der Waals surface area (Å²) in [5.41, 5.74) is 5.93. The lowest BCUT2D eigenvalue weighted by molar-refractivity contribution is 0.110. The number of benzene rings is 1. The Labute approximate surface area is 190 Å². The number of rotatable bonds is 4. The summed E-state index contributed by atoms with van der Waals surface area (Å²) in [7, 11) is 0. The lowest BCUT2D eigenvalue weighted by atomic mass is 10.0. The SMILES string of the molecule is Cc1nc2nc([C@H]3CO[C@@H](c4cnn(C5CC5)c4)C3)nc(-c3ccc(Cl)cc3)c2nc1C. The van der Waals surface area contributed by atoms with Gasteiger partial charge in [-0.2, -0.15) is 5.10 Å². The van der Waals surface area contributed by atoms with E-state index >= 15 is 0 Å². The van der Waals surface area contributed by atoms with Gasteiger partial charge in [0.05, 0.1) is 36.3 Å². The Hall–Kier alpha value is -2.90. The minimum absolute atomic E-state index is 0.0108. The molecule has 162 valence electrons. The summed E-state index contributed by atoms with van der Waals surface area (Å²) in [5.74, 6) is 0.834. The van der Waals surface area contributed by atoms with Crippen LogP contribution in [0.25, 0.3) is 22.4 Å². The van der Waals surface area contributed by atoms with Crippen molar-refractivity contribution in [3.8, 4) is 11.3 Å². The normalized spacial score (nSPS) is 20.8. The van der Waals surface area contributed by atoms with Gasteiger partial charge in [0.1, 0.15) is 17.0 Å². The Kier molecular flexibility index (Phi) is 4.69. The zero-order valence-electron chi connectivity index (χ0n) is 18.0. The molecule has 0 radical (unpaired) electrons. The monoisotopic (exact) mass is 446 g/mol. The van der Waals surface area contributed by atoms with Crippen LogP contribution in [0.1, 0.15) is 60.1 Å². The van der Waals surface area contributed by atoms with Crippen molar-refractivity contribution in [1.82, 2.24) is 29.7 Å². The van der Waals surface area contributed by atoms with Crippen LogP contribution < -0.4 is 0 Å². The van der Waals surface area contributed by atoms with Gasteiger partial charge >= 0.3 is 0 Å². The highest BCUT2D eigenvalue weighted by Crippen LogP contribution is 2.40. The molecule has 1 saturated heterocycles. The molecule has 8 heteroatoms. The summed E-state index contributed by atoms with van der Waals surface area (Å²) in [6.07, 6.45) is 7.32. The molecule has 4 aromatic rings. The van der Waals surface area contributed by atoms with Gasteiger partial charge in [0.25, 0.3) is 0 Å². The summed E-state index contributed by atoms with van der Waals surface area (Å²) in [6, 6.07) is 8.23. The average Bonchev–Trinajstić information content (AvgIpc) is 3.31. The first-order valence-corrected chi connectivity index (χ1v) is 11.4. The van der Waals surface area contributed by atoms with Crippen LogP contribution >= 0.6 is 11.6 Å². The fourth-order valence-electron chi connectivity index (χ4n) is 4.22. The molecule has 32 heavy (non-hydrogen) atoms. The third-order valence-electron chi connectivity index (χ3n) is 6.35. The summed E-state index contributed by atoms with van der Waals surface area (Å²) < 4.78 is 8.22. The van der Waals surface area contributed by atoms with Crippen LogP contribution in [-0.2, 0) is 4.74 Å². The van der Waals surface area contributed by atoms with E-state index < -0.39 is 0 Å². The predicted octanol–water partition coefficient (Wildman–Crippen LogP) is 5.13. The zero-order valence-corrected chi connectivity index (χ0v) is 18.8. The van der Waals surface area contributed by atoms with Gasteiger partial charge in [0.2, 0.25) is 0 Å². The van der Waals surface area contributed by atoms with Crippen LogP contribution in [0.4, 0.5) is 0 Å². The molecule has 0 amide bonds. The van der Waals surface area contributed by atoms with E-state index in [-0.39, 0.29) is 12.0 Å². The number of halogens is 1. The number of fused-ring (bicyclic) bond motifs is 1. The van der Waals surface area contributed by atoms with Gasteiger partial charge in [-0.1, -0.05) is 23.7 Å². The topological polar surface area (TPSA) is 78.6 Å². The van der Waals surface area contributed by atoms with E-state index in [4.69, 9.17) is 36.3 Å². The molecule has 1 aliphatic carbocycles. The van der Waals surface area contributed by atoms with Crippen molar-refractivity contribution in [3.05, 3.63) is 64.5 Å². The van der Waals surface area contributed by atoms with Gasteiger partial charge in [0.15, 0.2) is 5.65 Å². The van der Waals surface area contributed by atoms with Gasteiger partial charge in [-0.3, -0.25) is 4.68 Å². The molecule has 0 bridgehead atoms. The molecule has 0 unspecified atom stereocenters. The fourth-order valence-corrected chi connectivity index (χ4v) is 4.34. The number of ether oxygens (including phenoxy) is 1. The second-order valence-electron chi connectivity index (χ2n) is 8.74. The Bertz CT molecular complexity index is 1310. The van der Waals surface area contributed by atoms with Crippen LogP contribution in [0.3, 0.4) is 0 Å². The Morgan fingerprint density at radius 1 is 1.00 bits per heavy atom. The van der Waals surface area contributed by atoms with Crippen molar-refractivity contribution in [2.24, 2.45) is 0 Å². The molecule has 0 N–H and O–H groups in total. The van der Waals surface area contributed by atoms with Gasteiger partial charge in [-0.25, -0.2) is 19.9 Å². The van der Waals surface area contributed by atoms with Crippen LogP contribution in [0.15, 0.2) is 36.7 Å². The lowest BCUT2D eigenvalue weighted by Gasteiger charge is -2.12. The summed E-state index contributed by atoms with van der Waals surface area (Å²) in [4.78, 5) is 19.3. The van der Waals surface area contributed by atoms with Crippen LogP contribution in [0.2, 0.25) is 5.02 Å². The molecule has 1 aliphatic heterocycles. The summed E-state index contributed by atoms with van der Waals surface area (Å²) in [6.45, 7) is 4.49. The number of aromatic nitrogens is 6. The molecule has 4 heterocycles. The smallest absolute Gasteiger partial charge is 0.182 e. The maximum Gasteiger partial charge on any atom is 0.182 e. The van der Waals surface area contributed by atoms with Gasteiger partial charge in [-0.15, -0.1) is 0 Å². The molecule has 1 saturated carbocycles. The molecular weight excluding hydrogens is 424 g/mol. The van der Waals surface area contributed by atoms with Crippen molar-refractivity contribution < 1.29 is 4.74 Å². The largest absolute Gasteiger partial charge is 0.373 e. The molecule has 0 spiro atoms. The first-order chi connectivity index (χ1) is 15.5. The number of hydrogen-bond acceptors (Lipinski definition) is 6. The standard InChI is InChI=1S/C24H23ClN6O/c1-13-14(2)28-24-22(27-13)21(15-3-5-18(25)6-4-15)29-23(30-24)16-9-20(32-12-16)17-10-26-31(11-17)19-7-8-19/h3-6,10-11,16,19-20H,7-9,12H2,1-2H3/t16-,20-/m1/s1. The summed E-state index contributed by atoms with van der Waals surface area (Å²) in [5, 5.41) is 5.20. The quantitative estimate of drug-likeness (QED) is 0.432. The first kappa shape index (κ1) is 19.8. The van der Waals surface area contributed by atoms with E-state index in [2.05, 4.69) is 16.0 Å². The van der Waals surface area contributed by atoms with E-state index in [0.29, 0.717) is 28.8 Å². The molecule has 2 fully saturated rings. The third kappa shape index (κ3) is 3.55. The van der Waals surface area contributed by atoms with Gasteiger partial charge in [0, 0.05) is 28.3 Å². The Morgan fingerprint density at radius 2 is 1.78 bits per heavy atom. The zero-order chi connectivity index (χ0) is 21.8. The molecule has 3 aromatic heterocycles. The van der Waals surface area contributed by atoms with E-state index in [1.807, 2.05) is 44.3 Å². The van der Waals surface area contributed by atoms with Crippen LogP contribution in [-0.4, -0.2) is 36.3 Å². The highest BCUT2D eigenvalue weighted by atomic mass is 35.5.